The zero-order valence-corrected chi connectivity index (χ0v) is 5.94. The summed E-state index contributed by atoms with van der Waals surface area (Å²) in [4.78, 5) is 0. The lowest BCUT2D eigenvalue weighted by molar-refractivity contribution is 0.496. The van der Waals surface area contributed by atoms with Crippen LogP contribution in [0.4, 0.5) is 0 Å². The number of hydrogen-bond donors (Lipinski definition) is 2. The molecule has 50 valence electrons. The molecule has 0 saturated heterocycles. The van der Waals surface area contributed by atoms with Crippen molar-refractivity contribution < 1.29 is 0 Å². The first kappa shape index (κ1) is 7.92. The van der Waals surface area contributed by atoms with Crippen LogP contribution in [-0.2, 0) is 0 Å². The fourth-order valence-electron chi connectivity index (χ4n) is 0.637. The summed E-state index contributed by atoms with van der Waals surface area (Å²) < 4.78 is 0. The molecule has 1 atom stereocenters. The molecule has 0 unspecified atom stereocenters. The fourth-order valence-corrected chi connectivity index (χ4v) is 0.637. The molecule has 0 saturated carbocycles. The molecule has 0 heterocycles. The van der Waals surface area contributed by atoms with E-state index in [0.29, 0.717) is 12.1 Å². The third kappa shape index (κ3) is 4.09. The Kier molecular flexibility index (Phi) is 3.83. The average Bonchev–Trinajstić information content (AvgIpc) is 1.65. The van der Waals surface area contributed by atoms with Crippen molar-refractivity contribution in [3.8, 4) is 0 Å². The lowest BCUT2D eigenvalue weighted by Gasteiger charge is -2.13. The van der Waals surface area contributed by atoms with Crippen molar-refractivity contribution >= 4 is 0 Å². The van der Waals surface area contributed by atoms with E-state index in [1.165, 1.54) is 0 Å². The van der Waals surface area contributed by atoms with Gasteiger partial charge in [0.15, 0.2) is 0 Å². The van der Waals surface area contributed by atoms with E-state index in [2.05, 4.69) is 26.1 Å². The van der Waals surface area contributed by atoms with Gasteiger partial charge in [-0.3, -0.25) is 0 Å². The minimum atomic E-state index is 0.454. The fraction of sp³-hybridized carbons (Fsp3) is 1.00. The Morgan fingerprint density at radius 2 is 1.88 bits per heavy atom. The Bertz CT molecular complexity index is 52.5. The maximum atomic E-state index is 5.36. The highest BCUT2D eigenvalue weighted by atomic mass is 14.9. The summed E-state index contributed by atoms with van der Waals surface area (Å²) in [6.07, 6.45) is 0. The first-order valence-electron chi connectivity index (χ1n) is 3.13. The molecule has 0 aliphatic rings. The first-order chi connectivity index (χ1) is 3.66. The van der Waals surface area contributed by atoms with Crippen LogP contribution in [0.2, 0.25) is 0 Å². The van der Waals surface area contributed by atoms with Gasteiger partial charge in [-0.25, -0.2) is 0 Å². The molecular formula is C6H16N2. The Hall–Kier alpha value is -0.0800. The summed E-state index contributed by atoms with van der Waals surface area (Å²) in [5.41, 5.74) is 5.36. The maximum Gasteiger partial charge on any atom is 0.0164 e. The minimum absolute atomic E-state index is 0.454. The lowest BCUT2D eigenvalue weighted by Crippen LogP contribution is -2.37. The summed E-state index contributed by atoms with van der Waals surface area (Å²) in [6, 6.07) is 1.00. The van der Waals surface area contributed by atoms with Crippen molar-refractivity contribution in [1.82, 2.24) is 5.32 Å². The van der Waals surface area contributed by atoms with Crippen molar-refractivity contribution in [2.24, 2.45) is 5.73 Å². The highest BCUT2D eigenvalue weighted by Gasteiger charge is 1.97. The van der Waals surface area contributed by atoms with E-state index in [1.54, 1.807) is 0 Å². The molecule has 0 fully saturated rings. The first-order valence-corrected chi connectivity index (χ1v) is 3.13. The Morgan fingerprint density at radius 1 is 1.38 bits per heavy atom. The summed E-state index contributed by atoms with van der Waals surface area (Å²) in [6.45, 7) is 7.04. The molecule has 0 aliphatic carbocycles. The van der Waals surface area contributed by atoms with E-state index in [0.717, 1.165) is 6.54 Å². The van der Waals surface area contributed by atoms with Crippen LogP contribution < -0.4 is 11.1 Å². The standard InChI is InChI=1S/C6H16N2/c1-5(2)8-6(3)4-7/h5-6,8H,4,7H2,1-3H3/t6-/m0/s1. The summed E-state index contributed by atoms with van der Waals surface area (Å²) in [5.74, 6) is 0. The molecule has 0 aliphatic heterocycles. The molecule has 0 bridgehead atoms. The third-order valence-electron chi connectivity index (χ3n) is 0.971. The van der Waals surface area contributed by atoms with E-state index in [4.69, 9.17) is 5.73 Å². The van der Waals surface area contributed by atoms with Crippen LogP contribution >= 0.6 is 0 Å². The lowest BCUT2D eigenvalue weighted by atomic mass is 10.3. The van der Waals surface area contributed by atoms with Gasteiger partial charge in [0.2, 0.25) is 0 Å². The largest absolute Gasteiger partial charge is 0.329 e. The van der Waals surface area contributed by atoms with Gasteiger partial charge in [-0.15, -0.1) is 0 Å². The van der Waals surface area contributed by atoms with E-state index in [9.17, 15) is 0 Å². The van der Waals surface area contributed by atoms with Crippen LogP contribution in [0.25, 0.3) is 0 Å². The Morgan fingerprint density at radius 3 is 2.00 bits per heavy atom. The summed E-state index contributed by atoms with van der Waals surface area (Å²) in [7, 11) is 0. The van der Waals surface area contributed by atoms with Crippen LogP contribution in [0, 0.1) is 0 Å². The van der Waals surface area contributed by atoms with Gasteiger partial charge in [0, 0.05) is 18.6 Å². The minimum Gasteiger partial charge on any atom is -0.329 e. The van der Waals surface area contributed by atoms with Gasteiger partial charge in [0.1, 0.15) is 0 Å². The van der Waals surface area contributed by atoms with Crippen LogP contribution in [-0.4, -0.2) is 18.6 Å². The van der Waals surface area contributed by atoms with E-state index in [1.807, 2.05) is 0 Å². The molecule has 0 aromatic carbocycles. The molecular weight excluding hydrogens is 100 g/mol. The Labute approximate surface area is 51.5 Å². The molecule has 8 heavy (non-hydrogen) atoms. The highest BCUT2D eigenvalue weighted by molar-refractivity contribution is 4.62. The second-order valence-electron chi connectivity index (χ2n) is 2.46. The molecule has 0 aromatic rings. The van der Waals surface area contributed by atoms with Gasteiger partial charge in [-0.05, 0) is 6.92 Å². The van der Waals surface area contributed by atoms with Crippen molar-refractivity contribution in [2.75, 3.05) is 6.54 Å². The molecule has 3 N–H and O–H groups in total. The van der Waals surface area contributed by atoms with Crippen molar-refractivity contribution in [1.29, 1.82) is 0 Å². The maximum absolute atomic E-state index is 5.36. The second kappa shape index (κ2) is 3.87. The van der Waals surface area contributed by atoms with Gasteiger partial charge in [-0.1, -0.05) is 13.8 Å². The quantitative estimate of drug-likeness (QED) is 0.557. The van der Waals surface area contributed by atoms with Crippen molar-refractivity contribution in [3.63, 3.8) is 0 Å². The molecule has 2 nitrogen and oxygen atoms in total. The van der Waals surface area contributed by atoms with Crippen LogP contribution in [0.15, 0.2) is 0 Å². The van der Waals surface area contributed by atoms with Gasteiger partial charge in [-0.2, -0.15) is 0 Å². The molecule has 2 heteroatoms. The topological polar surface area (TPSA) is 38.0 Å². The monoisotopic (exact) mass is 116 g/mol. The van der Waals surface area contributed by atoms with Crippen LogP contribution in [0.5, 0.6) is 0 Å². The number of nitrogens with one attached hydrogen (secondary N) is 1. The van der Waals surface area contributed by atoms with Gasteiger partial charge in [0.25, 0.3) is 0 Å². The predicted molar refractivity (Wildman–Crippen MR) is 36.8 cm³/mol. The molecule has 0 aromatic heterocycles. The number of nitrogens with two attached hydrogens (primary N) is 1. The van der Waals surface area contributed by atoms with Crippen LogP contribution in [0.3, 0.4) is 0 Å². The zero-order valence-electron chi connectivity index (χ0n) is 5.94. The average molecular weight is 116 g/mol. The molecule has 0 radical (unpaired) electrons. The number of rotatable bonds is 3. The summed E-state index contributed by atoms with van der Waals surface area (Å²) >= 11 is 0. The molecule has 0 spiro atoms. The highest BCUT2D eigenvalue weighted by Crippen LogP contribution is 1.80. The zero-order chi connectivity index (χ0) is 6.57. The van der Waals surface area contributed by atoms with Crippen molar-refractivity contribution in [2.45, 2.75) is 32.9 Å². The Balaban J connectivity index is 3.10. The van der Waals surface area contributed by atoms with E-state index in [-0.39, 0.29) is 0 Å². The smallest absolute Gasteiger partial charge is 0.0164 e. The van der Waals surface area contributed by atoms with Gasteiger partial charge >= 0.3 is 0 Å². The van der Waals surface area contributed by atoms with Crippen LogP contribution in [0.1, 0.15) is 20.8 Å². The normalized spacial score (nSPS) is 14.6. The van der Waals surface area contributed by atoms with Gasteiger partial charge < -0.3 is 11.1 Å². The van der Waals surface area contributed by atoms with Crippen molar-refractivity contribution in [3.05, 3.63) is 0 Å². The van der Waals surface area contributed by atoms with Gasteiger partial charge in [0.05, 0.1) is 0 Å². The molecule has 0 rings (SSSR count). The van der Waals surface area contributed by atoms with E-state index >= 15 is 0 Å². The second-order valence-corrected chi connectivity index (χ2v) is 2.46. The summed E-state index contributed by atoms with van der Waals surface area (Å²) in [5, 5.41) is 3.27. The predicted octanol–water partition coefficient (Wildman–Crippen LogP) is 0.332. The third-order valence-corrected chi connectivity index (χ3v) is 0.971. The van der Waals surface area contributed by atoms with E-state index < -0.39 is 0 Å². The SMILES string of the molecule is CC(C)N[C@@H](C)CN. The number of hydrogen-bond acceptors (Lipinski definition) is 2. The molecule has 0 amide bonds.